The molecule has 1 saturated heterocycles. The van der Waals surface area contributed by atoms with E-state index in [9.17, 15) is 8.42 Å². The van der Waals surface area contributed by atoms with Gasteiger partial charge in [-0.3, -0.25) is 0 Å². The maximum absolute atomic E-state index is 12.7. The molecule has 7 nitrogen and oxygen atoms in total. The third-order valence-corrected chi connectivity index (χ3v) is 6.09. The molecule has 1 fully saturated rings. The van der Waals surface area contributed by atoms with E-state index >= 15 is 0 Å². The smallest absolute Gasteiger partial charge is 0.262 e. The van der Waals surface area contributed by atoms with E-state index in [4.69, 9.17) is 0 Å². The maximum Gasteiger partial charge on any atom is 0.262 e. The van der Waals surface area contributed by atoms with Crippen LogP contribution in [0.2, 0.25) is 0 Å². The third-order valence-electron chi connectivity index (χ3n) is 4.33. The lowest BCUT2D eigenvalue weighted by Crippen LogP contribution is -2.29. The van der Waals surface area contributed by atoms with Gasteiger partial charge in [-0.15, -0.1) is 0 Å². The minimum atomic E-state index is -3.51. The molecule has 0 bridgehead atoms. The normalized spacial score (nSPS) is 19.5. The van der Waals surface area contributed by atoms with Crippen LogP contribution in [0.4, 0.5) is 0 Å². The second-order valence-electron chi connectivity index (χ2n) is 6.14. The summed E-state index contributed by atoms with van der Waals surface area (Å²) in [5.74, 6) is 1.15. The van der Waals surface area contributed by atoms with Crippen molar-refractivity contribution < 1.29 is 8.42 Å². The van der Waals surface area contributed by atoms with Gasteiger partial charge in [-0.2, -0.15) is 4.31 Å². The zero-order valence-electron chi connectivity index (χ0n) is 13.8. The van der Waals surface area contributed by atoms with Crippen molar-refractivity contribution in [1.82, 2.24) is 23.4 Å². The first-order valence-electron chi connectivity index (χ1n) is 7.93. The molecule has 0 aliphatic carbocycles. The fourth-order valence-corrected chi connectivity index (χ4v) is 4.60. The highest BCUT2D eigenvalue weighted by Gasteiger charge is 2.36. The molecule has 2 aromatic rings. The van der Waals surface area contributed by atoms with Crippen molar-refractivity contribution in [2.75, 3.05) is 13.1 Å². The van der Waals surface area contributed by atoms with Gasteiger partial charge in [-0.1, -0.05) is 6.92 Å². The van der Waals surface area contributed by atoms with Gasteiger partial charge >= 0.3 is 0 Å². The molecular weight excluding hydrogens is 314 g/mol. The van der Waals surface area contributed by atoms with E-state index in [1.165, 1.54) is 10.6 Å². The van der Waals surface area contributed by atoms with Crippen LogP contribution in [-0.2, 0) is 23.6 Å². The van der Waals surface area contributed by atoms with E-state index in [1.54, 1.807) is 17.8 Å². The van der Waals surface area contributed by atoms with Crippen molar-refractivity contribution in [2.24, 2.45) is 7.05 Å². The van der Waals surface area contributed by atoms with E-state index in [0.717, 1.165) is 30.9 Å². The molecule has 0 spiro atoms. The highest BCUT2D eigenvalue weighted by Crippen LogP contribution is 2.30. The fraction of sp³-hybridized carbons (Fsp3) is 0.600. The first-order valence-corrected chi connectivity index (χ1v) is 9.37. The molecule has 3 heterocycles. The Bertz CT molecular complexity index is 793. The fourth-order valence-electron chi connectivity index (χ4n) is 3.13. The Morgan fingerprint density at radius 3 is 2.78 bits per heavy atom. The number of nitrogens with zero attached hydrogens (tertiary/aromatic N) is 5. The Morgan fingerprint density at radius 1 is 1.35 bits per heavy atom. The number of rotatable bonds is 5. The van der Waals surface area contributed by atoms with Gasteiger partial charge in [-0.05, 0) is 19.8 Å². The highest BCUT2D eigenvalue weighted by atomic mass is 32.2. The van der Waals surface area contributed by atoms with Gasteiger partial charge in [0.1, 0.15) is 5.82 Å². The molecule has 1 aliphatic heterocycles. The summed E-state index contributed by atoms with van der Waals surface area (Å²) in [4.78, 5) is 8.52. The van der Waals surface area contributed by atoms with Gasteiger partial charge in [0.15, 0.2) is 5.03 Å². The zero-order valence-corrected chi connectivity index (χ0v) is 14.6. The Balaban J connectivity index is 1.81. The first-order chi connectivity index (χ1) is 10.9. The lowest BCUT2D eigenvalue weighted by molar-refractivity contribution is 0.465. The number of hydrogen-bond donors (Lipinski definition) is 0. The van der Waals surface area contributed by atoms with E-state index in [2.05, 4.69) is 21.5 Å². The lowest BCUT2D eigenvalue weighted by atomic mass is 10.1. The summed E-state index contributed by atoms with van der Waals surface area (Å²) in [6, 6.07) is 0. The van der Waals surface area contributed by atoms with Gasteiger partial charge < -0.3 is 9.13 Å². The quantitative estimate of drug-likeness (QED) is 0.829. The van der Waals surface area contributed by atoms with Gasteiger partial charge in [0.2, 0.25) is 0 Å². The largest absolute Gasteiger partial charge is 0.339 e. The lowest BCUT2D eigenvalue weighted by Gasteiger charge is -2.16. The van der Waals surface area contributed by atoms with Crippen LogP contribution in [0.25, 0.3) is 0 Å². The average Bonchev–Trinajstić information content (AvgIpc) is 3.21. The Labute approximate surface area is 137 Å². The molecule has 1 atom stereocenters. The second-order valence-corrected chi connectivity index (χ2v) is 8.02. The molecule has 8 heteroatoms. The zero-order chi connectivity index (χ0) is 16.6. The minimum Gasteiger partial charge on any atom is -0.339 e. The van der Waals surface area contributed by atoms with Crippen molar-refractivity contribution in [3.05, 3.63) is 30.2 Å². The standard InChI is InChI=1S/C15H23N5O2S/c1-4-6-20-12(2)8-16-15(20)13-5-7-19(9-13)23(21,22)14-10-18(3)11-17-14/h8,10-11,13H,4-7,9H2,1-3H3. The number of imidazole rings is 2. The molecule has 1 unspecified atom stereocenters. The summed E-state index contributed by atoms with van der Waals surface area (Å²) in [7, 11) is -1.75. The average molecular weight is 337 g/mol. The van der Waals surface area contributed by atoms with E-state index in [0.29, 0.717) is 13.1 Å². The predicted octanol–water partition coefficient (Wildman–Crippen LogP) is 1.51. The van der Waals surface area contributed by atoms with Crippen LogP contribution in [0.15, 0.2) is 23.7 Å². The highest BCUT2D eigenvalue weighted by molar-refractivity contribution is 7.89. The molecule has 0 saturated carbocycles. The summed E-state index contributed by atoms with van der Waals surface area (Å²) in [6.45, 7) is 6.09. The second kappa shape index (κ2) is 6.09. The van der Waals surface area contributed by atoms with Crippen LogP contribution in [-0.4, -0.2) is 44.9 Å². The third kappa shape index (κ3) is 2.92. The molecular formula is C15H23N5O2S. The Morgan fingerprint density at radius 2 is 2.13 bits per heavy atom. The van der Waals surface area contributed by atoms with E-state index in [1.807, 2.05) is 13.1 Å². The first kappa shape index (κ1) is 16.2. The number of aryl methyl sites for hydroxylation is 2. The summed E-state index contributed by atoms with van der Waals surface area (Å²) in [6.07, 6.45) is 6.77. The molecule has 0 radical (unpaired) electrons. The molecule has 1 aliphatic rings. The number of hydrogen-bond acceptors (Lipinski definition) is 4. The van der Waals surface area contributed by atoms with Crippen molar-refractivity contribution >= 4 is 10.0 Å². The van der Waals surface area contributed by atoms with Gasteiger partial charge in [0.25, 0.3) is 10.0 Å². The number of aromatic nitrogens is 4. The summed E-state index contributed by atoms with van der Waals surface area (Å²) < 4.78 is 30.7. The van der Waals surface area contributed by atoms with Crippen LogP contribution in [0.1, 0.15) is 37.2 Å². The number of sulfonamides is 1. The molecule has 126 valence electrons. The van der Waals surface area contributed by atoms with Crippen molar-refractivity contribution in [3.63, 3.8) is 0 Å². The van der Waals surface area contributed by atoms with Crippen molar-refractivity contribution in [1.29, 1.82) is 0 Å². The van der Waals surface area contributed by atoms with Crippen LogP contribution < -0.4 is 0 Å². The van der Waals surface area contributed by atoms with Crippen molar-refractivity contribution in [2.45, 2.75) is 44.2 Å². The van der Waals surface area contributed by atoms with Gasteiger partial charge in [0.05, 0.1) is 6.33 Å². The molecule has 2 aromatic heterocycles. The van der Waals surface area contributed by atoms with E-state index < -0.39 is 10.0 Å². The summed E-state index contributed by atoms with van der Waals surface area (Å²) >= 11 is 0. The molecule has 3 rings (SSSR count). The molecule has 0 amide bonds. The van der Waals surface area contributed by atoms with Crippen LogP contribution >= 0.6 is 0 Å². The minimum absolute atomic E-state index is 0.119. The molecule has 0 N–H and O–H groups in total. The SMILES string of the molecule is CCCn1c(C)cnc1C1CCN(S(=O)(=O)c2cn(C)cn2)C1. The summed E-state index contributed by atoms with van der Waals surface area (Å²) in [5.41, 5.74) is 1.13. The van der Waals surface area contributed by atoms with Crippen LogP contribution in [0, 0.1) is 6.92 Å². The predicted molar refractivity (Wildman–Crippen MR) is 86.6 cm³/mol. The van der Waals surface area contributed by atoms with Crippen LogP contribution in [0.5, 0.6) is 0 Å². The maximum atomic E-state index is 12.7. The van der Waals surface area contributed by atoms with Gasteiger partial charge in [0, 0.05) is 50.7 Å². The Kier molecular flexibility index (Phi) is 4.29. The van der Waals surface area contributed by atoms with Crippen LogP contribution in [0.3, 0.4) is 0 Å². The molecule has 0 aromatic carbocycles. The topological polar surface area (TPSA) is 73.0 Å². The summed E-state index contributed by atoms with van der Waals surface area (Å²) in [5, 5.41) is 0.119. The van der Waals surface area contributed by atoms with E-state index in [-0.39, 0.29) is 10.9 Å². The van der Waals surface area contributed by atoms with Gasteiger partial charge in [-0.25, -0.2) is 18.4 Å². The monoisotopic (exact) mass is 337 g/mol. The van der Waals surface area contributed by atoms with Crippen molar-refractivity contribution in [3.8, 4) is 0 Å². The molecule has 23 heavy (non-hydrogen) atoms. The Hall–Kier alpha value is -1.67.